The smallest absolute Gasteiger partial charge is 0.224 e. The summed E-state index contributed by atoms with van der Waals surface area (Å²) in [5.74, 6) is 0.200. The molecule has 0 radical (unpaired) electrons. The molecule has 3 rings (SSSR count). The zero-order chi connectivity index (χ0) is 16.9. The molecule has 1 N–H and O–H groups in total. The highest BCUT2D eigenvalue weighted by Gasteiger charge is 2.21. The quantitative estimate of drug-likeness (QED) is 0.851. The van der Waals surface area contributed by atoms with Gasteiger partial charge in [-0.1, -0.05) is 13.3 Å². The van der Waals surface area contributed by atoms with Gasteiger partial charge < -0.3 is 15.0 Å². The first-order valence-electron chi connectivity index (χ1n) is 9.26. The average molecular weight is 334 g/mol. The Labute approximate surface area is 144 Å². The molecule has 0 spiro atoms. The number of piperidine rings is 1. The predicted octanol–water partition coefficient (Wildman–Crippen LogP) is 1.27. The molecule has 0 saturated carbocycles. The number of nitrogens with zero attached hydrogens (tertiary/aromatic N) is 3. The number of carbonyl (C=O) groups is 1. The summed E-state index contributed by atoms with van der Waals surface area (Å²) in [7, 11) is 1.99. The van der Waals surface area contributed by atoms with Crippen molar-refractivity contribution >= 4 is 5.91 Å². The van der Waals surface area contributed by atoms with Crippen molar-refractivity contribution in [1.82, 2.24) is 20.0 Å². The van der Waals surface area contributed by atoms with Crippen LogP contribution in [0.3, 0.4) is 0 Å². The summed E-state index contributed by atoms with van der Waals surface area (Å²) >= 11 is 0. The first-order valence-corrected chi connectivity index (χ1v) is 9.26. The maximum atomic E-state index is 12.3. The summed E-state index contributed by atoms with van der Waals surface area (Å²) in [6.07, 6.45) is 5.56. The highest BCUT2D eigenvalue weighted by molar-refractivity contribution is 5.78. The zero-order valence-electron chi connectivity index (χ0n) is 15.0. The van der Waals surface area contributed by atoms with E-state index in [2.05, 4.69) is 15.3 Å². The summed E-state index contributed by atoms with van der Waals surface area (Å²) in [5.41, 5.74) is 3.57. The fraction of sp³-hybridized carbons (Fsp3) is 0.778. The third-order valence-electron chi connectivity index (χ3n) is 5.18. The number of hydrogen-bond donors (Lipinski definition) is 1. The van der Waals surface area contributed by atoms with E-state index in [1.807, 2.05) is 18.7 Å². The van der Waals surface area contributed by atoms with Crippen molar-refractivity contribution in [3.05, 3.63) is 17.0 Å². The Kier molecular flexibility index (Phi) is 5.89. The average Bonchev–Trinajstić information content (AvgIpc) is 2.92. The highest BCUT2D eigenvalue weighted by Crippen LogP contribution is 2.20. The summed E-state index contributed by atoms with van der Waals surface area (Å²) in [6, 6.07) is 0. The molecule has 1 aromatic heterocycles. The number of aryl methyl sites for hydroxylation is 1. The van der Waals surface area contributed by atoms with Crippen LogP contribution in [0.1, 0.15) is 43.1 Å². The van der Waals surface area contributed by atoms with Crippen LogP contribution < -0.4 is 5.32 Å². The van der Waals surface area contributed by atoms with Crippen molar-refractivity contribution < 1.29 is 9.53 Å². The molecule has 2 aliphatic rings. The number of likely N-dealkylation sites (tertiary alicyclic amines) is 1. The third kappa shape index (κ3) is 4.16. The van der Waals surface area contributed by atoms with Gasteiger partial charge in [-0.25, -0.2) is 0 Å². The number of fused-ring (bicyclic) bond motifs is 1. The second kappa shape index (κ2) is 8.12. The van der Waals surface area contributed by atoms with Crippen molar-refractivity contribution in [2.45, 2.75) is 45.6 Å². The summed E-state index contributed by atoms with van der Waals surface area (Å²) in [4.78, 5) is 14.7. The normalized spacial score (nSPS) is 19.8. The van der Waals surface area contributed by atoms with Crippen LogP contribution in [0.4, 0.5) is 0 Å². The Morgan fingerprint density at radius 1 is 1.33 bits per heavy atom. The van der Waals surface area contributed by atoms with E-state index in [0.29, 0.717) is 13.2 Å². The van der Waals surface area contributed by atoms with Gasteiger partial charge >= 0.3 is 0 Å². The molecule has 1 unspecified atom stereocenters. The lowest BCUT2D eigenvalue weighted by molar-refractivity contribution is -0.125. The summed E-state index contributed by atoms with van der Waals surface area (Å²) in [5, 5.41) is 7.69. The Bertz CT molecular complexity index is 564. The minimum absolute atomic E-state index is 0.0454. The second-order valence-electron chi connectivity index (χ2n) is 7.10. The predicted molar refractivity (Wildman–Crippen MR) is 92.7 cm³/mol. The molecule has 1 saturated heterocycles. The molecule has 3 heterocycles. The number of amides is 1. The maximum Gasteiger partial charge on any atom is 0.224 e. The first kappa shape index (κ1) is 17.4. The molecule has 0 bridgehead atoms. The van der Waals surface area contributed by atoms with Crippen LogP contribution >= 0.6 is 0 Å². The summed E-state index contributed by atoms with van der Waals surface area (Å²) in [6.45, 7) is 7.25. The molecule has 0 aliphatic carbocycles. The molecule has 6 nitrogen and oxygen atoms in total. The van der Waals surface area contributed by atoms with Crippen LogP contribution in [0, 0.1) is 5.92 Å². The Morgan fingerprint density at radius 3 is 2.92 bits per heavy atom. The third-order valence-corrected chi connectivity index (χ3v) is 5.18. The van der Waals surface area contributed by atoms with Gasteiger partial charge in [0.15, 0.2) is 0 Å². The minimum atomic E-state index is 0.0454. The van der Waals surface area contributed by atoms with Crippen molar-refractivity contribution in [3.8, 4) is 0 Å². The monoisotopic (exact) mass is 334 g/mol. The van der Waals surface area contributed by atoms with Gasteiger partial charge in [0.1, 0.15) is 0 Å². The Morgan fingerprint density at radius 2 is 2.12 bits per heavy atom. The maximum absolute atomic E-state index is 12.3. The fourth-order valence-corrected chi connectivity index (χ4v) is 3.78. The fourth-order valence-electron chi connectivity index (χ4n) is 3.78. The lowest BCUT2D eigenvalue weighted by Gasteiger charge is -2.28. The molecular formula is C18H30N4O2. The molecule has 1 atom stereocenters. The van der Waals surface area contributed by atoms with Gasteiger partial charge in [0.05, 0.1) is 18.9 Å². The van der Waals surface area contributed by atoms with Gasteiger partial charge in [0.2, 0.25) is 5.91 Å². The number of ether oxygens (including phenoxy) is 1. The molecule has 1 aromatic rings. The van der Waals surface area contributed by atoms with Gasteiger partial charge in [-0.3, -0.25) is 9.48 Å². The van der Waals surface area contributed by atoms with E-state index >= 15 is 0 Å². The zero-order valence-corrected chi connectivity index (χ0v) is 15.0. The molecular weight excluding hydrogens is 304 g/mol. The SMILES string of the molecule is CC(CN1CCCCC1)C(=O)NCCc1nn(C)c2c1COCC2. The van der Waals surface area contributed by atoms with E-state index in [-0.39, 0.29) is 11.8 Å². The number of nitrogens with one attached hydrogen (secondary N) is 1. The largest absolute Gasteiger partial charge is 0.376 e. The van der Waals surface area contributed by atoms with Crippen LogP contribution in [0.5, 0.6) is 0 Å². The van der Waals surface area contributed by atoms with E-state index in [0.717, 1.165) is 44.8 Å². The number of carbonyl (C=O) groups excluding carboxylic acids is 1. The van der Waals surface area contributed by atoms with Crippen LogP contribution in [-0.2, 0) is 36.0 Å². The molecule has 134 valence electrons. The van der Waals surface area contributed by atoms with E-state index < -0.39 is 0 Å². The lowest BCUT2D eigenvalue weighted by Crippen LogP contribution is -2.40. The van der Waals surface area contributed by atoms with Crippen LogP contribution in [0.2, 0.25) is 0 Å². The van der Waals surface area contributed by atoms with Crippen LogP contribution in [-0.4, -0.2) is 53.4 Å². The van der Waals surface area contributed by atoms with Crippen molar-refractivity contribution in [3.63, 3.8) is 0 Å². The van der Waals surface area contributed by atoms with Crippen molar-refractivity contribution in [2.75, 3.05) is 32.8 Å². The minimum Gasteiger partial charge on any atom is -0.376 e. The van der Waals surface area contributed by atoms with Gasteiger partial charge in [0, 0.05) is 50.2 Å². The number of aromatic nitrogens is 2. The van der Waals surface area contributed by atoms with Gasteiger partial charge in [-0.15, -0.1) is 0 Å². The topological polar surface area (TPSA) is 59.4 Å². The van der Waals surface area contributed by atoms with Gasteiger partial charge in [0.25, 0.3) is 0 Å². The van der Waals surface area contributed by atoms with Crippen molar-refractivity contribution in [2.24, 2.45) is 13.0 Å². The van der Waals surface area contributed by atoms with Crippen molar-refractivity contribution in [1.29, 1.82) is 0 Å². The standard InChI is InChI=1S/C18H30N4O2/c1-14(12-22-9-4-3-5-10-22)18(23)19-8-6-16-15-13-24-11-7-17(15)21(2)20-16/h14H,3-13H2,1-2H3,(H,19,23). The molecule has 1 fully saturated rings. The Balaban J connectivity index is 1.45. The van der Waals surface area contributed by atoms with E-state index in [1.54, 1.807) is 0 Å². The Hall–Kier alpha value is -1.40. The van der Waals surface area contributed by atoms with E-state index in [9.17, 15) is 4.79 Å². The molecule has 1 amide bonds. The van der Waals surface area contributed by atoms with Crippen LogP contribution in [0.15, 0.2) is 0 Å². The number of hydrogen-bond acceptors (Lipinski definition) is 4. The first-order chi connectivity index (χ1) is 11.6. The van der Waals surface area contributed by atoms with Crippen LogP contribution in [0.25, 0.3) is 0 Å². The molecule has 2 aliphatic heterocycles. The molecule has 0 aromatic carbocycles. The lowest BCUT2D eigenvalue weighted by atomic mass is 10.1. The molecule has 6 heteroatoms. The van der Waals surface area contributed by atoms with Gasteiger partial charge in [-0.2, -0.15) is 5.10 Å². The summed E-state index contributed by atoms with van der Waals surface area (Å²) < 4.78 is 7.52. The van der Waals surface area contributed by atoms with E-state index in [4.69, 9.17) is 4.74 Å². The number of rotatable bonds is 6. The van der Waals surface area contributed by atoms with E-state index in [1.165, 1.54) is 30.5 Å². The second-order valence-corrected chi connectivity index (χ2v) is 7.10. The van der Waals surface area contributed by atoms with Gasteiger partial charge in [-0.05, 0) is 25.9 Å². The molecule has 24 heavy (non-hydrogen) atoms. The highest BCUT2D eigenvalue weighted by atomic mass is 16.5.